The zero-order chi connectivity index (χ0) is 21.0. The molecule has 2 aliphatic rings. The van der Waals surface area contributed by atoms with E-state index in [0.717, 1.165) is 64.2 Å². The minimum Gasteiger partial charge on any atom is -0.375 e. The van der Waals surface area contributed by atoms with E-state index in [2.05, 4.69) is 40.3 Å². The lowest BCUT2D eigenvalue weighted by Gasteiger charge is -2.46. The van der Waals surface area contributed by atoms with Gasteiger partial charge >= 0.3 is 0 Å². The first-order valence-corrected chi connectivity index (χ1v) is 11.2. The molecule has 7 nitrogen and oxygen atoms in total. The summed E-state index contributed by atoms with van der Waals surface area (Å²) in [4.78, 5) is 19.0. The van der Waals surface area contributed by atoms with E-state index >= 15 is 0 Å². The summed E-state index contributed by atoms with van der Waals surface area (Å²) >= 11 is 0. The quantitative estimate of drug-likeness (QED) is 0.791. The summed E-state index contributed by atoms with van der Waals surface area (Å²) < 4.78 is 8.32. The third-order valence-electron chi connectivity index (χ3n) is 6.58. The number of piperidine rings is 1. The summed E-state index contributed by atoms with van der Waals surface area (Å²) in [6.07, 6.45) is 7.97. The van der Waals surface area contributed by atoms with Gasteiger partial charge < -0.3 is 10.1 Å². The van der Waals surface area contributed by atoms with E-state index in [1.807, 2.05) is 16.8 Å². The van der Waals surface area contributed by atoms with Gasteiger partial charge in [0.05, 0.1) is 11.3 Å². The fraction of sp³-hybridized carbons (Fsp3) is 0.609. The van der Waals surface area contributed by atoms with Gasteiger partial charge in [-0.05, 0) is 57.6 Å². The number of ether oxygens (including phenoxy) is 1. The van der Waals surface area contributed by atoms with Gasteiger partial charge in [-0.2, -0.15) is 5.10 Å². The number of pyridine rings is 1. The Labute approximate surface area is 178 Å². The maximum Gasteiger partial charge on any atom is 0.269 e. The number of likely N-dealkylation sites (tertiary alicyclic amines) is 1. The molecule has 2 aromatic heterocycles. The number of aromatic nitrogens is 3. The maximum atomic E-state index is 12.3. The smallest absolute Gasteiger partial charge is 0.269 e. The molecule has 0 radical (unpaired) electrons. The number of carbonyl (C=O) groups is 1. The Kier molecular flexibility index (Phi) is 6.49. The molecule has 7 heteroatoms. The topological polar surface area (TPSA) is 72.3 Å². The van der Waals surface area contributed by atoms with Crippen molar-refractivity contribution in [3.63, 3.8) is 0 Å². The number of amides is 1. The normalized spacial score (nSPS) is 21.6. The average molecular weight is 412 g/mol. The molecule has 0 aromatic carbocycles. The molecule has 162 valence electrons. The summed E-state index contributed by atoms with van der Waals surface area (Å²) in [5.74, 6) is 0.372. The molecule has 1 amide bonds. The van der Waals surface area contributed by atoms with Gasteiger partial charge in [0.1, 0.15) is 5.69 Å². The van der Waals surface area contributed by atoms with E-state index in [1.165, 1.54) is 5.56 Å². The highest BCUT2D eigenvalue weighted by Crippen LogP contribution is 2.37. The van der Waals surface area contributed by atoms with Crippen LogP contribution in [0.1, 0.15) is 54.4 Å². The minimum absolute atomic E-state index is 0.0300. The van der Waals surface area contributed by atoms with Gasteiger partial charge in [-0.25, -0.2) is 0 Å². The molecule has 4 heterocycles. The Balaban J connectivity index is 1.27. The van der Waals surface area contributed by atoms with Crippen LogP contribution in [0.3, 0.4) is 0 Å². The Bertz CT molecular complexity index is 843. The molecule has 1 atom stereocenters. The zero-order valence-corrected chi connectivity index (χ0v) is 18.1. The highest BCUT2D eigenvalue weighted by Gasteiger charge is 2.40. The van der Waals surface area contributed by atoms with Crippen LogP contribution in [0.25, 0.3) is 0 Å². The van der Waals surface area contributed by atoms with E-state index < -0.39 is 0 Å². The average Bonchev–Trinajstić information content (AvgIpc) is 3.14. The van der Waals surface area contributed by atoms with E-state index in [-0.39, 0.29) is 11.5 Å². The van der Waals surface area contributed by atoms with Gasteiger partial charge in [-0.15, -0.1) is 0 Å². The van der Waals surface area contributed by atoms with E-state index in [4.69, 9.17) is 4.74 Å². The van der Waals surface area contributed by atoms with E-state index in [0.29, 0.717) is 18.2 Å². The lowest BCUT2D eigenvalue weighted by atomic mass is 9.79. The molecule has 2 aromatic rings. The second kappa shape index (κ2) is 9.27. The lowest BCUT2D eigenvalue weighted by molar-refractivity contribution is -0.127. The van der Waals surface area contributed by atoms with Crippen LogP contribution in [0.2, 0.25) is 0 Å². The fourth-order valence-electron chi connectivity index (χ4n) is 4.71. The number of nitrogens with zero attached hydrogens (tertiary/aromatic N) is 4. The number of rotatable bonds is 6. The maximum absolute atomic E-state index is 12.3. The van der Waals surface area contributed by atoms with Gasteiger partial charge in [-0.1, -0.05) is 6.07 Å². The second-order valence-corrected chi connectivity index (χ2v) is 8.69. The zero-order valence-electron chi connectivity index (χ0n) is 18.1. The van der Waals surface area contributed by atoms with Crippen LogP contribution in [-0.2, 0) is 17.8 Å². The monoisotopic (exact) mass is 411 g/mol. The molecule has 4 rings (SSSR count). The van der Waals surface area contributed by atoms with Crippen LogP contribution in [0, 0.1) is 12.8 Å². The first-order chi connectivity index (χ1) is 14.6. The lowest BCUT2D eigenvalue weighted by Crippen LogP contribution is -2.50. The SMILES string of the molecule is CCn1cc(CN2CCC3(CC2)CC(CNC(=O)c2ccccn2)CCO3)c(C)n1. The summed E-state index contributed by atoms with van der Waals surface area (Å²) in [5.41, 5.74) is 2.91. The molecule has 2 aliphatic heterocycles. The van der Waals surface area contributed by atoms with E-state index in [9.17, 15) is 4.79 Å². The predicted octanol–water partition coefficient (Wildman–Crippen LogP) is 2.80. The third-order valence-corrected chi connectivity index (χ3v) is 6.58. The molecule has 0 saturated carbocycles. The molecule has 30 heavy (non-hydrogen) atoms. The van der Waals surface area contributed by atoms with Crippen LogP contribution in [0.15, 0.2) is 30.6 Å². The van der Waals surface area contributed by atoms with Crippen molar-refractivity contribution < 1.29 is 9.53 Å². The molecule has 0 aliphatic carbocycles. The number of hydrogen-bond donors (Lipinski definition) is 1. The fourth-order valence-corrected chi connectivity index (χ4v) is 4.71. The number of hydrogen-bond acceptors (Lipinski definition) is 5. The minimum atomic E-state index is -0.0889. The highest BCUT2D eigenvalue weighted by molar-refractivity contribution is 5.92. The molecular weight excluding hydrogens is 378 g/mol. The van der Waals surface area contributed by atoms with Crippen molar-refractivity contribution in [2.45, 2.75) is 58.2 Å². The van der Waals surface area contributed by atoms with Gasteiger partial charge in [0.2, 0.25) is 0 Å². The Hall–Kier alpha value is -2.25. The van der Waals surface area contributed by atoms with Crippen molar-refractivity contribution in [2.75, 3.05) is 26.2 Å². The summed E-state index contributed by atoms with van der Waals surface area (Å²) in [6.45, 7) is 9.67. The summed E-state index contributed by atoms with van der Waals surface area (Å²) in [6, 6.07) is 5.42. The predicted molar refractivity (Wildman–Crippen MR) is 115 cm³/mol. The standard InChI is InChI=1S/C23H33N5O2/c1-3-28-17-20(18(2)26-28)16-27-11-8-23(9-12-27)14-19(7-13-30-23)15-25-22(29)21-6-4-5-10-24-21/h4-6,10,17,19H,3,7-9,11-16H2,1-2H3,(H,25,29). The Morgan fingerprint density at radius 3 is 2.87 bits per heavy atom. The molecule has 1 spiro atoms. The first-order valence-electron chi connectivity index (χ1n) is 11.2. The van der Waals surface area contributed by atoms with Crippen molar-refractivity contribution in [1.29, 1.82) is 0 Å². The van der Waals surface area contributed by atoms with Crippen molar-refractivity contribution in [1.82, 2.24) is 25.0 Å². The van der Waals surface area contributed by atoms with Crippen LogP contribution < -0.4 is 5.32 Å². The van der Waals surface area contributed by atoms with Crippen LogP contribution in [0.4, 0.5) is 0 Å². The van der Waals surface area contributed by atoms with E-state index in [1.54, 1.807) is 12.3 Å². The molecule has 2 fully saturated rings. The second-order valence-electron chi connectivity index (χ2n) is 8.69. The number of carbonyl (C=O) groups excluding carboxylic acids is 1. The van der Waals surface area contributed by atoms with Gasteiger partial charge in [0.25, 0.3) is 5.91 Å². The molecular formula is C23H33N5O2. The first kappa shape index (κ1) is 21.0. The van der Waals surface area contributed by atoms with Crippen LogP contribution >= 0.6 is 0 Å². The summed E-state index contributed by atoms with van der Waals surface area (Å²) in [7, 11) is 0. The molecule has 1 N–H and O–H groups in total. The largest absolute Gasteiger partial charge is 0.375 e. The Morgan fingerprint density at radius 1 is 1.33 bits per heavy atom. The number of aryl methyl sites for hydroxylation is 2. The highest BCUT2D eigenvalue weighted by atomic mass is 16.5. The molecule has 2 saturated heterocycles. The van der Waals surface area contributed by atoms with Crippen LogP contribution in [-0.4, -0.2) is 57.4 Å². The Morgan fingerprint density at radius 2 is 2.17 bits per heavy atom. The number of nitrogens with one attached hydrogen (secondary N) is 1. The van der Waals surface area contributed by atoms with Gasteiger partial charge in [0, 0.05) is 57.3 Å². The summed E-state index contributed by atoms with van der Waals surface area (Å²) in [5, 5.41) is 7.64. The van der Waals surface area contributed by atoms with Crippen molar-refractivity contribution >= 4 is 5.91 Å². The molecule has 1 unspecified atom stereocenters. The van der Waals surface area contributed by atoms with Gasteiger partial charge in [-0.3, -0.25) is 19.4 Å². The van der Waals surface area contributed by atoms with Crippen molar-refractivity contribution in [3.8, 4) is 0 Å². The van der Waals surface area contributed by atoms with Gasteiger partial charge in [0.15, 0.2) is 0 Å². The third kappa shape index (κ3) is 4.90. The van der Waals surface area contributed by atoms with Crippen LogP contribution in [0.5, 0.6) is 0 Å². The van der Waals surface area contributed by atoms with Crippen molar-refractivity contribution in [3.05, 3.63) is 47.5 Å². The van der Waals surface area contributed by atoms with Crippen molar-refractivity contribution in [2.24, 2.45) is 5.92 Å². The molecule has 0 bridgehead atoms.